The Morgan fingerprint density at radius 1 is 0.786 bits per heavy atom. The maximum absolute atomic E-state index is 5.81. The van der Waals surface area contributed by atoms with Crippen molar-refractivity contribution in [3.05, 3.63) is 36.5 Å². The zero-order chi connectivity index (χ0) is 18.8. The number of benzene rings is 1. The van der Waals surface area contributed by atoms with Crippen LogP contribution in [0, 0.1) is 0 Å². The second kappa shape index (κ2) is 7.52. The van der Waals surface area contributed by atoms with Crippen LogP contribution in [0.4, 0.5) is 17.5 Å². The molecule has 5 rings (SSSR count). The van der Waals surface area contributed by atoms with Crippen LogP contribution < -0.4 is 14.7 Å². The predicted molar refractivity (Wildman–Crippen MR) is 107 cm³/mol. The van der Waals surface area contributed by atoms with E-state index in [-0.39, 0.29) is 5.79 Å². The molecule has 0 amide bonds. The minimum absolute atomic E-state index is 0.380. The Labute approximate surface area is 165 Å². The first-order valence-electron chi connectivity index (χ1n) is 10.1. The van der Waals surface area contributed by atoms with Gasteiger partial charge in [0.1, 0.15) is 0 Å². The van der Waals surface area contributed by atoms with E-state index in [4.69, 9.17) is 14.5 Å². The molecule has 1 aromatic carbocycles. The van der Waals surface area contributed by atoms with Gasteiger partial charge in [-0.15, -0.1) is 5.10 Å². The number of piperazine rings is 1. The lowest BCUT2D eigenvalue weighted by Gasteiger charge is -2.38. The second-order valence-corrected chi connectivity index (χ2v) is 7.52. The molecule has 3 saturated heterocycles. The molecular weight excluding hydrogens is 356 g/mol. The summed E-state index contributed by atoms with van der Waals surface area (Å²) in [6.07, 6.45) is 3.46. The molecule has 2 aromatic rings. The molecule has 3 aliphatic heterocycles. The molecule has 0 atom stereocenters. The van der Waals surface area contributed by atoms with E-state index >= 15 is 0 Å². The van der Waals surface area contributed by atoms with E-state index in [0.717, 1.165) is 57.9 Å². The lowest BCUT2D eigenvalue weighted by atomic mass is 10.0. The van der Waals surface area contributed by atoms with Gasteiger partial charge in [-0.2, -0.15) is 10.1 Å². The van der Waals surface area contributed by atoms with Gasteiger partial charge in [0.05, 0.1) is 19.4 Å². The van der Waals surface area contributed by atoms with Gasteiger partial charge in [-0.1, -0.05) is 18.2 Å². The van der Waals surface area contributed by atoms with Gasteiger partial charge in [0.2, 0.25) is 5.95 Å². The summed E-state index contributed by atoms with van der Waals surface area (Å²) in [7, 11) is 0. The molecule has 0 aliphatic carbocycles. The Bertz CT molecular complexity index is 780. The van der Waals surface area contributed by atoms with Crippen molar-refractivity contribution in [1.82, 2.24) is 15.2 Å². The first kappa shape index (κ1) is 17.6. The van der Waals surface area contributed by atoms with Crippen molar-refractivity contribution in [3.63, 3.8) is 0 Å². The maximum Gasteiger partial charge on any atom is 0.247 e. The zero-order valence-electron chi connectivity index (χ0n) is 16.0. The first-order valence-corrected chi connectivity index (χ1v) is 10.1. The fraction of sp³-hybridized carbons (Fsp3) is 0.550. The Balaban J connectivity index is 1.22. The smallest absolute Gasteiger partial charge is 0.247 e. The molecule has 148 valence electrons. The molecule has 0 bridgehead atoms. The summed E-state index contributed by atoms with van der Waals surface area (Å²) in [6, 6.07) is 10.6. The number of rotatable bonds is 3. The third-order valence-electron chi connectivity index (χ3n) is 5.88. The lowest BCUT2D eigenvalue weighted by molar-refractivity contribution is -0.169. The van der Waals surface area contributed by atoms with Crippen LogP contribution in [-0.4, -0.2) is 73.5 Å². The van der Waals surface area contributed by atoms with Gasteiger partial charge in [-0.05, 0) is 12.1 Å². The minimum Gasteiger partial charge on any atom is -0.368 e. The first-order chi connectivity index (χ1) is 13.8. The van der Waals surface area contributed by atoms with Crippen LogP contribution in [0.2, 0.25) is 0 Å². The maximum atomic E-state index is 5.81. The van der Waals surface area contributed by atoms with E-state index in [2.05, 4.69) is 55.2 Å². The number of ether oxygens (including phenoxy) is 2. The van der Waals surface area contributed by atoms with Crippen molar-refractivity contribution in [1.29, 1.82) is 0 Å². The van der Waals surface area contributed by atoms with Crippen LogP contribution in [0.25, 0.3) is 0 Å². The topological polar surface area (TPSA) is 66.9 Å². The number of hydrogen-bond donors (Lipinski definition) is 0. The molecule has 4 heterocycles. The summed E-state index contributed by atoms with van der Waals surface area (Å²) < 4.78 is 11.6. The highest BCUT2D eigenvalue weighted by molar-refractivity contribution is 5.49. The molecule has 1 aromatic heterocycles. The Morgan fingerprint density at radius 3 is 2.18 bits per heavy atom. The minimum atomic E-state index is -0.380. The van der Waals surface area contributed by atoms with E-state index in [1.807, 2.05) is 0 Å². The molecule has 28 heavy (non-hydrogen) atoms. The zero-order valence-corrected chi connectivity index (χ0v) is 16.0. The molecule has 0 unspecified atom stereocenters. The average molecular weight is 382 g/mol. The summed E-state index contributed by atoms with van der Waals surface area (Å²) in [6.45, 7) is 6.86. The Hall–Kier alpha value is -2.45. The monoisotopic (exact) mass is 382 g/mol. The van der Waals surface area contributed by atoms with E-state index in [0.29, 0.717) is 19.2 Å². The SMILES string of the molecule is c1ccc(N2CCN(c3cnnc(N4CCC5(CC4)OCCO5)n3)CC2)cc1. The van der Waals surface area contributed by atoms with Crippen LogP contribution in [0.3, 0.4) is 0 Å². The highest BCUT2D eigenvalue weighted by Crippen LogP contribution is 2.32. The van der Waals surface area contributed by atoms with Crippen LogP contribution in [-0.2, 0) is 9.47 Å². The van der Waals surface area contributed by atoms with Crippen molar-refractivity contribution in [2.24, 2.45) is 0 Å². The highest BCUT2D eigenvalue weighted by atomic mass is 16.7. The lowest BCUT2D eigenvalue weighted by Crippen LogP contribution is -2.47. The number of para-hydroxylation sites is 1. The standard InChI is InChI=1S/C20H26N6O2/c1-2-4-17(5-3-1)24-10-12-25(13-11-24)18-16-21-23-19(22-18)26-8-6-20(7-9-26)27-14-15-28-20/h1-5,16H,6-15H2. The molecule has 3 fully saturated rings. The highest BCUT2D eigenvalue weighted by Gasteiger charge is 2.40. The van der Waals surface area contributed by atoms with E-state index < -0.39 is 0 Å². The fourth-order valence-corrected chi connectivity index (χ4v) is 4.24. The average Bonchev–Trinajstić information content (AvgIpc) is 3.23. The number of hydrogen-bond acceptors (Lipinski definition) is 8. The third kappa shape index (κ3) is 3.49. The Morgan fingerprint density at radius 2 is 1.46 bits per heavy atom. The molecule has 0 radical (unpaired) electrons. The van der Waals surface area contributed by atoms with E-state index in [1.165, 1.54) is 5.69 Å². The van der Waals surface area contributed by atoms with Crippen molar-refractivity contribution >= 4 is 17.5 Å². The molecule has 0 N–H and O–H groups in total. The van der Waals surface area contributed by atoms with E-state index in [1.54, 1.807) is 6.20 Å². The third-order valence-corrected chi connectivity index (χ3v) is 5.88. The van der Waals surface area contributed by atoms with Crippen molar-refractivity contribution in [2.75, 3.05) is 67.2 Å². The van der Waals surface area contributed by atoms with Gasteiger partial charge >= 0.3 is 0 Å². The van der Waals surface area contributed by atoms with Gasteiger partial charge in [-0.25, -0.2) is 0 Å². The largest absolute Gasteiger partial charge is 0.368 e. The van der Waals surface area contributed by atoms with Crippen LogP contribution in [0.1, 0.15) is 12.8 Å². The Kier molecular flexibility index (Phi) is 4.74. The summed E-state index contributed by atoms with van der Waals surface area (Å²) in [4.78, 5) is 11.7. The molecule has 1 spiro atoms. The molecule has 3 aliphatic rings. The molecule has 8 nitrogen and oxygen atoms in total. The summed E-state index contributed by atoms with van der Waals surface area (Å²) in [5, 5.41) is 8.51. The van der Waals surface area contributed by atoms with Gasteiger partial charge in [-0.3, -0.25) is 0 Å². The van der Waals surface area contributed by atoms with Gasteiger partial charge in [0.15, 0.2) is 11.6 Å². The van der Waals surface area contributed by atoms with Gasteiger partial charge in [0.25, 0.3) is 0 Å². The quantitative estimate of drug-likeness (QED) is 0.792. The number of aromatic nitrogens is 3. The number of nitrogens with zero attached hydrogens (tertiary/aromatic N) is 6. The predicted octanol–water partition coefficient (Wildman–Crippen LogP) is 1.54. The van der Waals surface area contributed by atoms with Gasteiger partial charge < -0.3 is 24.2 Å². The number of piperidine rings is 1. The van der Waals surface area contributed by atoms with Crippen molar-refractivity contribution in [3.8, 4) is 0 Å². The number of anilines is 3. The van der Waals surface area contributed by atoms with Crippen LogP contribution in [0.15, 0.2) is 36.5 Å². The second-order valence-electron chi connectivity index (χ2n) is 7.52. The van der Waals surface area contributed by atoms with Crippen LogP contribution in [0.5, 0.6) is 0 Å². The fourth-order valence-electron chi connectivity index (χ4n) is 4.24. The van der Waals surface area contributed by atoms with E-state index in [9.17, 15) is 0 Å². The summed E-state index contributed by atoms with van der Waals surface area (Å²) >= 11 is 0. The molecular formula is C20H26N6O2. The summed E-state index contributed by atoms with van der Waals surface area (Å²) in [5.74, 6) is 1.23. The summed E-state index contributed by atoms with van der Waals surface area (Å²) in [5.41, 5.74) is 1.28. The van der Waals surface area contributed by atoms with Gasteiger partial charge in [0, 0.05) is 57.8 Å². The normalized spacial score (nSPS) is 22.1. The molecule has 0 saturated carbocycles. The van der Waals surface area contributed by atoms with Crippen molar-refractivity contribution < 1.29 is 9.47 Å². The van der Waals surface area contributed by atoms with Crippen molar-refractivity contribution in [2.45, 2.75) is 18.6 Å². The van der Waals surface area contributed by atoms with Crippen LogP contribution >= 0.6 is 0 Å². The molecule has 8 heteroatoms.